The van der Waals surface area contributed by atoms with E-state index in [9.17, 15) is 0 Å². The lowest BCUT2D eigenvalue weighted by Crippen LogP contribution is -2.43. The summed E-state index contributed by atoms with van der Waals surface area (Å²) in [6.07, 6.45) is 4.39. The van der Waals surface area contributed by atoms with Crippen molar-refractivity contribution in [3.05, 3.63) is 42.2 Å². The normalized spacial score (nSPS) is 20.1. The van der Waals surface area contributed by atoms with Gasteiger partial charge in [-0.15, -0.1) is 0 Å². The smallest absolute Gasteiger partial charge is 0.0971 e. The highest BCUT2D eigenvalue weighted by atomic mass is 15.5. The fraction of sp³-hybridized carbons (Fsp3) is 0.467. The number of likely N-dealkylation sites (N-methyl/N-ethyl adjacent to an activating group) is 1. The minimum atomic E-state index is 0.605. The standard InChI is InChI=1S/C15H21N5/c1-16-13-6-5-9-19(11-13)12-14-10-17-20(18-14)15-7-3-2-4-8-15/h2-4,7-8,10,13,16H,5-6,9,11-12H2,1H3. The van der Waals surface area contributed by atoms with E-state index in [2.05, 4.69) is 20.4 Å². The number of piperidine rings is 1. The van der Waals surface area contributed by atoms with Crippen LogP contribution in [0.5, 0.6) is 0 Å². The Kier molecular flexibility index (Phi) is 4.08. The van der Waals surface area contributed by atoms with Gasteiger partial charge in [0.25, 0.3) is 0 Å². The monoisotopic (exact) mass is 271 g/mol. The van der Waals surface area contributed by atoms with Crippen LogP contribution in [0.3, 0.4) is 0 Å². The summed E-state index contributed by atoms with van der Waals surface area (Å²) in [5.74, 6) is 0. The predicted molar refractivity (Wildman–Crippen MR) is 78.7 cm³/mol. The lowest BCUT2D eigenvalue weighted by molar-refractivity contribution is 0.186. The van der Waals surface area contributed by atoms with Crippen molar-refractivity contribution in [2.75, 3.05) is 20.1 Å². The lowest BCUT2D eigenvalue weighted by atomic mass is 10.1. The highest BCUT2D eigenvalue weighted by Crippen LogP contribution is 2.13. The molecule has 1 aliphatic rings. The van der Waals surface area contributed by atoms with E-state index in [0.29, 0.717) is 6.04 Å². The predicted octanol–water partition coefficient (Wildman–Crippen LogP) is 1.45. The van der Waals surface area contributed by atoms with Crippen LogP contribution in [0.2, 0.25) is 0 Å². The zero-order valence-electron chi connectivity index (χ0n) is 11.9. The second-order valence-corrected chi connectivity index (χ2v) is 5.32. The van der Waals surface area contributed by atoms with Gasteiger partial charge >= 0.3 is 0 Å². The Hall–Kier alpha value is -1.72. The van der Waals surface area contributed by atoms with Crippen molar-refractivity contribution in [2.24, 2.45) is 0 Å². The van der Waals surface area contributed by atoms with Crippen molar-refractivity contribution in [3.63, 3.8) is 0 Å². The van der Waals surface area contributed by atoms with Crippen molar-refractivity contribution in [1.29, 1.82) is 0 Å². The van der Waals surface area contributed by atoms with Crippen LogP contribution >= 0.6 is 0 Å². The Labute approximate surface area is 119 Å². The first-order valence-corrected chi connectivity index (χ1v) is 7.21. The first-order chi connectivity index (χ1) is 9.85. The van der Waals surface area contributed by atoms with Gasteiger partial charge in [0.05, 0.1) is 17.6 Å². The fourth-order valence-corrected chi connectivity index (χ4v) is 2.72. The molecule has 1 N–H and O–H groups in total. The molecular weight excluding hydrogens is 250 g/mol. The van der Waals surface area contributed by atoms with Crippen LogP contribution in [-0.4, -0.2) is 46.1 Å². The van der Waals surface area contributed by atoms with Crippen molar-refractivity contribution < 1.29 is 0 Å². The van der Waals surface area contributed by atoms with E-state index in [4.69, 9.17) is 0 Å². The summed E-state index contributed by atoms with van der Waals surface area (Å²) in [5.41, 5.74) is 2.04. The Bertz CT molecular complexity index is 536. The van der Waals surface area contributed by atoms with Crippen LogP contribution in [0.4, 0.5) is 0 Å². The number of hydrogen-bond donors (Lipinski definition) is 1. The van der Waals surface area contributed by atoms with E-state index in [1.54, 1.807) is 4.80 Å². The topological polar surface area (TPSA) is 46.0 Å². The summed E-state index contributed by atoms with van der Waals surface area (Å²) in [7, 11) is 2.04. The van der Waals surface area contributed by atoms with Crippen molar-refractivity contribution in [1.82, 2.24) is 25.2 Å². The molecule has 1 unspecified atom stereocenters. The van der Waals surface area contributed by atoms with Crippen LogP contribution in [0.25, 0.3) is 5.69 Å². The summed E-state index contributed by atoms with van der Waals surface area (Å²) >= 11 is 0. The summed E-state index contributed by atoms with van der Waals surface area (Å²) in [4.78, 5) is 4.15. The molecular formula is C15H21N5. The number of nitrogens with zero attached hydrogens (tertiary/aromatic N) is 4. The van der Waals surface area contributed by atoms with Crippen LogP contribution in [-0.2, 0) is 6.54 Å². The summed E-state index contributed by atoms with van der Waals surface area (Å²) in [5, 5.41) is 12.3. The molecule has 2 heterocycles. The van der Waals surface area contributed by atoms with E-state index < -0.39 is 0 Å². The van der Waals surface area contributed by atoms with Gasteiger partial charge in [-0.25, -0.2) is 0 Å². The summed E-state index contributed by atoms with van der Waals surface area (Å²) in [6.45, 7) is 3.12. The number of aromatic nitrogens is 3. The molecule has 1 aromatic heterocycles. The maximum Gasteiger partial charge on any atom is 0.0971 e. The maximum atomic E-state index is 4.57. The third kappa shape index (κ3) is 3.05. The van der Waals surface area contributed by atoms with Gasteiger partial charge in [-0.3, -0.25) is 4.90 Å². The third-order valence-corrected chi connectivity index (χ3v) is 3.83. The average Bonchev–Trinajstić information content (AvgIpc) is 2.97. The maximum absolute atomic E-state index is 4.57. The number of para-hydroxylation sites is 1. The molecule has 1 saturated heterocycles. The minimum absolute atomic E-state index is 0.605. The zero-order valence-corrected chi connectivity index (χ0v) is 11.9. The molecule has 0 spiro atoms. The molecule has 0 aliphatic carbocycles. The largest absolute Gasteiger partial charge is 0.316 e. The van der Waals surface area contributed by atoms with Crippen LogP contribution in [0, 0.1) is 0 Å². The van der Waals surface area contributed by atoms with Crippen molar-refractivity contribution in [3.8, 4) is 5.69 Å². The van der Waals surface area contributed by atoms with Crippen molar-refractivity contribution >= 4 is 0 Å². The van der Waals surface area contributed by atoms with Crippen molar-refractivity contribution in [2.45, 2.75) is 25.4 Å². The van der Waals surface area contributed by atoms with Crippen LogP contribution in [0.15, 0.2) is 36.5 Å². The Morgan fingerprint density at radius 3 is 2.95 bits per heavy atom. The highest BCUT2D eigenvalue weighted by molar-refractivity contribution is 5.28. The van der Waals surface area contributed by atoms with Crippen LogP contribution < -0.4 is 5.32 Å². The molecule has 1 atom stereocenters. The van der Waals surface area contributed by atoms with E-state index in [0.717, 1.165) is 31.0 Å². The number of benzene rings is 1. The first-order valence-electron chi connectivity index (χ1n) is 7.21. The Balaban J connectivity index is 1.65. The van der Waals surface area contributed by atoms with E-state index >= 15 is 0 Å². The minimum Gasteiger partial charge on any atom is -0.316 e. The van der Waals surface area contributed by atoms with Gasteiger partial charge in [0, 0.05) is 19.1 Å². The third-order valence-electron chi connectivity index (χ3n) is 3.83. The number of nitrogens with one attached hydrogen (secondary N) is 1. The molecule has 1 fully saturated rings. The van der Waals surface area contributed by atoms with Gasteiger partial charge in [-0.05, 0) is 38.6 Å². The number of rotatable bonds is 4. The van der Waals surface area contributed by atoms with Gasteiger partial charge < -0.3 is 5.32 Å². The molecule has 5 nitrogen and oxygen atoms in total. The molecule has 0 saturated carbocycles. The van der Waals surface area contributed by atoms with E-state index in [1.807, 2.05) is 43.6 Å². The summed E-state index contributed by atoms with van der Waals surface area (Å²) < 4.78 is 0. The molecule has 5 heteroatoms. The van der Waals surface area contributed by atoms with Gasteiger partial charge in [-0.1, -0.05) is 18.2 Å². The fourth-order valence-electron chi connectivity index (χ4n) is 2.72. The lowest BCUT2D eigenvalue weighted by Gasteiger charge is -2.31. The molecule has 1 aromatic carbocycles. The summed E-state index contributed by atoms with van der Waals surface area (Å²) in [6, 6.07) is 10.6. The average molecular weight is 271 g/mol. The van der Waals surface area contributed by atoms with E-state index in [-0.39, 0.29) is 0 Å². The van der Waals surface area contributed by atoms with Gasteiger partial charge in [-0.2, -0.15) is 15.0 Å². The van der Waals surface area contributed by atoms with E-state index in [1.165, 1.54) is 12.8 Å². The first kappa shape index (κ1) is 13.3. The quantitative estimate of drug-likeness (QED) is 0.914. The molecule has 106 valence electrons. The second-order valence-electron chi connectivity index (χ2n) is 5.32. The van der Waals surface area contributed by atoms with Gasteiger partial charge in [0.15, 0.2) is 0 Å². The SMILES string of the molecule is CNC1CCCN(Cc2cnn(-c3ccccc3)n2)C1. The van der Waals surface area contributed by atoms with Gasteiger partial charge in [0.1, 0.15) is 0 Å². The number of likely N-dealkylation sites (tertiary alicyclic amines) is 1. The Morgan fingerprint density at radius 1 is 1.30 bits per heavy atom. The highest BCUT2D eigenvalue weighted by Gasteiger charge is 2.19. The van der Waals surface area contributed by atoms with Crippen LogP contribution in [0.1, 0.15) is 18.5 Å². The molecule has 3 rings (SSSR count). The number of hydrogen-bond acceptors (Lipinski definition) is 4. The molecule has 0 amide bonds. The molecule has 1 aliphatic heterocycles. The molecule has 2 aromatic rings. The zero-order chi connectivity index (χ0) is 13.8. The molecule has 20 heavy (non-hydrogen) atoms. The molecule has 0 bridgehead atoms. The van der Waals surface area contributed by atoms with Gasteiger partial charge in [0.2, 0.25) is 0 Å². The molecule has 0 radical (unpaired) electrons. The Morgan fingerprint density at radius 2 is 2.15 bits per heavy atom. The second kappa shape index (κ2) is 6.15.